The number of thiocarbonyl (C=S) groups is 1. The molecule has 0 unspecified atom stereocenters. The molecule has 0 bridgehead atoms. The Balaban J connectivity index is 1.64. The molecular weight excluding hydrogens is 366 g/mol. The molecule has 4 nitrogen and oxygen atoms in total. The van der Waals surface area contributed by atoms with Crippen molar-refractivity contribution < 1.29 is 14.3 Å². The monoisotopic (exact) mass is 375 g/mol. The number of carbonyl (C=O) groups excluding carboxylic acids is 1. The zero-order valence-corrected chi connectivity index (χ0v) is 14.6. The van der Waals surface area contributed by atoms with Crippen molar-refractivity contribution in [3.8, 4) is 11.5 Å². The van der Waals surface area contributed by atoms with Crippen molar-refractivity contribution in [2.24, 2.45) is 0 Å². The highest BCUT2D eigenvalue weighted by Crippen LogP contribution is 2.38. The lowest BCUT2D eigenvalue weighted by molar-refractivity contribution is -0.113. The van der Waals surface area contributed by atoms with Gasteiger partial charge in [0.2, 0.25) is 6.79 Å². The number of hydrogen-bond donors (Lipinski definition) is 0. The van der Waals surface area contributed by atoms with Crippen molar-refractivity contribution >= 4 is 57.6 Å². The van der Waals surface area contributed by atoms with Crippen molar-refractivity contribution in [2.75, 3.05) is 11.7 Å². The van der Waals surface area contributed by atoms with Crippen LogP contribution in [0.4, 0.5) is 5.69 Å². The fourth-order valence-corrected chi connectivity index (χ4v) is 3.86. The maximum atomic E-state index is 12.7. The third kappa shape index (κ3) is 2.77. The summed E-state index contributed by atoms with van der Waals surface area (Å²) < 4.78 is 11.1. The van der Waals surface area contributed by atoms with Crippen LogP contribution in [0.25, 0.3) is 6.08 Å². The summed E-state index contributed by atoms with van der Waals surface area (Å²) in [6, 6.07) is 12.6. The first kappa shape index (κ1) is 15.5. The predicted molar refractivity (Wildman–Crippen MR) is 99.7 cm³/mol. The number of hydrogen-bond acceptors (Lipinski definition) is 5. The van der Waals surface area contributed by atoms with E-state index in [9.17, 15) is 4.79 Å². The van der Waals surface area contributed by atoms with Crippen LogP contribution in [0.2, 0.25) is 5.02 Å². The van der Waals surface area contributed by atoms with E-state index in [1.807, 2.05) is 18.2 Å². The number of anilines is 1. The van der Waals surface area contributed by atoms with Gasteiger partial charge in [-0.3, -0.25) is 9.69 Å². The molecule has 7 heteroatoms. The molecule has 0 spiro atoms. The van der Waals surface area contributed by atoms with Crippen molar-refractivity contribution in [1.82, 2.24) is 0 Å². The van der Waals surface area contributed by atoms with Crippen LogP contribution in [0.5, 0.6) is 11.5 Å². The third-order valence-electron chi connectivity index (χ3n) is 3.57. The molecule has 0 N–H and O–H groups in total. The second-order valence-corrected chi connectivity index (χ2v) is 7.22. The summed E-state index contributed by atoms with van der Waals surface area (Å²) in [4.78, 5) is 14.8. The van der Waals surface area contributed by atoms with E-state index in [1.54, 1.807) is 30.3 Å². The van der Waals surface area contributed by atoms with Gasteiger partial charge in [0, 0.05) is 5.02 Å². The Bertz CT molecular complexity index is 880. The summed E-state index contributed by atoms with van der Waals surface area (Å²) >= 11 is 12.5. The Morgan fingerprint density at radius 3 is 2.67 bits per heavy atom. The molecule has 120 valence electrons. The first-order valence-corrected chi connectivity index (χ1v) is 8.65. The van der Waals surface area contributed by atoms with E-state index >= 15 is 0 Å². The molecule has 1 saturated heterocycles. The van der Waals surface area contributed by atoms with E-state index in [1.165, 1.54) is 16.7 Å². The number of rotatable bonds is 2. The van der Waals surface area contributed by atoms with Gasteiger partial charge in [0.1, 0.15) is 0 Å². The SMILES string of the molecule is O=C1/C(=C\c2ccc3c(c2)OCO3)SC(=S)N1c1ccc(Cl)cc1. The molecular formula is C17H10ClNO3S2. The summed E-state index contributed by atoms with van der Waals surface area (Å²) in [5.41, 5.74) is 1.56. The summed E-state index contributed by atoms with van der Waals surface area (Å²) in [6.07, 6.45) is 1.80. The molecule has 2 aliphatic heterocycles. The molecule has 24 heavy (non-hydrogen) atoms. The Labute approximate surface area is 153 Å². The summed E-state index contributed by atoms with van der Waals surface area (Å²) in [7, 11) is 0. The second kappa shape index (κ2) is 6.12. The van der Waals surface area contributed by atoms with Gasteiger partial charge in [0.25, 0.3) is 5.91 Å². The molecule has 1 amide bonds. The standard InChI is InChI=1S/C17H10ClNO3S2/c18-11-2-4-12(5-3-11)19-16(20)15(24-17(19)23)8-10-1-6-13-14(7-10)22-9-21-13/h1-8H,9H2/b15-8+. The first-order chi connectivity index (χ1) is 11.6. The van der Waals surface area contributed by atoms with E-state index in [4.69, 9.17) is 33.3 Å². The van der Waals surface area contributed by atoms with Gasteiger partial charge in [0.15, 0.2) is 15.8 Å². The molecule has 0 saturated carbocycles. The fourth-order valence-electron chi connectivity index (χ4n) is 2.43. The van der Waals surface area contributed by atoms with E-state index < -0.39 is 0 Å². The molecule has 0 aromatic heterocycles. The number of benzene rings is 2. The normalized spacial score (nSPS) is 17.9. The minimum absolute atomic E-state index is 0.148. The van der Waals surface area contributed by atoms with Crippen LogP contribution in [-0.4, -0.2) is 17.0 Å². The van der Waals surface area contributed by atoms with Crippen LogP contribution < -0.4 is 14.4 Å². The number of amides is 1. The van der Waals surface area contributed by atoms with Gasteiger partial charge in [-0.2, -0.15) is 0 Å². The highest BCUT2D eigenvalue weighted by Gasteiger charge is 2.33. The molecule has 2 heterocycles. The van der Waals surface area contributed by atoms with Crippen LogP contribution in [-0.2, 0) is 4.79 Å². The largest absolute Gasteiger partial charge is 0.454 e. The Hall–Kier alpha value is -2.02. The Kier molecular flexibility index (Phi) is 3.96. The van der Waals surface area contributed by atoms with Crippen LogP contribution >= 0.6 is 35.6 Å². The van der Waals surface area contributed by atoms with Crippen LogP contribution in [0, 0.1) is 0 Å². The molecule has 0 radical (unpaired) electrons. The highest BCUT2D eigenvalue weighted by atomic mass is 35.5. The predicted octanol–water partition coefficient (Wildman–Crippen LogP) is 4.47. The summed E-state index contributed by atoms with van der Waals surface area (Å²) in [6.45, 7) is 0.220. The van der Waals surface area contributed by atoms with Gasteiger partial charge in [-0.1, -0.05) is 41.6 Å². The zero-order valence-electron chi connectivity index (χ0n) is 12.2. The van der Waals surface area contributed by atoms with Crippen molar-refractivity contribution in [3.05, 3.63) is 58.0 Å². The lowest BCUT2D eigenvalue weighted by Gasteiger charge is -2.14. The van der Waals surface area contributed by atoms with Gasteiger partial charge >= 0.3 is 0 Å². The van der Waals surface area contributed by atoms with Crippen LogP contribution in [0.3, 0.4) is 0 Å². The molecule has 4 rings (SSSR count). The Morgan fingerprint density at radius 1 is 1.12 bits per heavy atom. The number of halogens is 1. The van der Waals surface area contributed by atoms with Gasteiger partial charge in [-0.15, -0.1) is 0 Å². The average Bonchev–Trinajstić information content (AvgIpc) is 3.13. The highest BCUT2D eigenvalue weighted by molar-refractivity contribution is 8.27. The number of ether oxygens (including phenoxy) is 2. The zero-order chi connectivity index (χ0) is 16.7. The fraction of sp³-hybridized carbons (Fsp3) is 0.0588. The molecule has 1 fully saturated rings. The maximum Gasteiger partial charge on any atom is 0.270 e. The summed E-state index contributed by atoms with van der Waals surface area (Å²) in [5.74, 6) is 1.24. The van der Waals surface area contributed by atoms with Crippen LogP contribution in [0.1, 0.15) is 5.56 Å². The lowest BCUT2D eigenvalue weighted by Crippen LogP contribution is -2.27. The molecule has 2 aromatic rings. The van der Waals surface area contributed by atoms with Gasteiger partial charge in [0.05, 0.1) is 10.6 Å². The quantitative estimate of drug-likeness (QED) is 0.571. The number of thioether (sulfide) groups is 1. The molecule has 2 aromatic carbocycles. The number of fused-ring (bicyclic) bond motifs is 1. The third-order valence-corrected chi connectivity index (χ3v) is 5.13. The van der Waals surface area contributed by atoms with Crippen molar-refractivity contribution in [1.29, 1.82) is 0 Å². The number of carbonyl (C=O) groups is 1. The molecule has 0 atom stereocenters. The van der Waals surface area contributed by atoms with Crippen LogP contribution in [0.15, 0.2) is 47.4 Å². The molecule has 2 aliphatic rings. The van der Waals surface area contributed by atoms with Crippen molar-refractivity contribution in [2.45, 2.75) is 0 Å². The van der Waals surface area contributed by atoms with E-state index in [0.717, 1.165) is 5.56 Å². The van der Waals surface area contributed by atoms with E-state index in [0.29, 0.717) is 31.4 Å². The number of nitrogens with zero attached hydrogens (tertiary/aromatic N) is 1. The molecule has 0 aliphatic carbocycles. The van der Waals surface area contributed by atoms with Gasteiger partial charge in [-0.05, 0) is 48.0 Å². The van der Waals surface area contributed by atoms with E-state index in [2.05, 4.69) is 0 Å². The average molecular weight is 376 g/mol. The second-order valence-electron chi connectivity index (χ2n) is 5.11. The lowest BCUT2D eigenvalue weighted by atomic mass is 10.2. The van der Waals surface area contributed by atoms with Gasteiger partial charge in [-0.25, -0.2) is 0 Å². The smallest absolute Gasteiger partial charge is 0.270 e. The van der Waals surface area contributed by atoms with E-state index in [-0.39, 0.29) is 12.7 Å². The topological polar surface area (TPSA) is 38.8 Å². The van der Waals surface area contributed by atoms with Crippen molar-refractivity contribution in [3.63, 3.8) is 0 Å². The maximum absolute atomic E-state index is 12.7. The first-order valence-electron chi connectivity index (χ1n) is 7.05. The Morgan fingerprint density at radius 2 is 1.88 bits per heavy atom. The minimum Gasteiger partial charge on any atom is -0.454 e. The summed E-state index contributed by atoms with van der Waals surface area (Å²) in [5, 5.41) is 0.611. The minimum atomic E-state index is -0.148. The van der Waals surface area contributed by atoms with Gasteiger partial charge < -0.3 is 9.47 Å².